The maximum absolute atomic E-state index is 5.40. The highest BCUT2D eigenvalue weighted by molar-refractivity contribution is 5.94. The largest absolute Gasteiger partial charge is 0.493 e. The fraction of sp³-hybridized carbons (Fsp3) is 0.611. The number of nitrogens with one attached hydrogen (secondary N) is 2. The average Bonchev–Trinajstić information content (AvgIpc) is 2.66. The lowest BCUT2D eigenvalue weighted by atomic mass is 10.2. The molecule has 8 heteroatoms. The van der Waals surface area contributed by atoms with Gasteiger partial charge in [-0.15, -0.1) is 0 Å². The predicted molar refractivity (Wildman–Crippen MR) is 105 cm³/mol. The van der Waals surface area contributed by atoms with E-state index in [0.29, 0.717) is 29.2 Å². The summed E-state index contributed by atoms with van der Waals surface area (Å²) >= 11 is 0. The summed E-state index contributed by atoms with van der Waals surface area (Å²) in [5, 5.41) is 6.69. The van der Waals surface area contributed by atoms with Gasteiger partial charge in [-0.05, 0) is 14.1 Å². The van der Waals surface area contributed by atoms with Gasteiger partial charge < -0.3 is 29.7 Å². The van der Waals surface area contributed by atoms with E-state index in [-0.39, 0.29) is 0 Å². The van der Waals surface area contributed by atoms with Gasteiger partial charge in [0.2, 0.25) is 5.75 Å². The number of aliphatic imine (C=N–C) groups is 1. The third-order valence-corrected chi connectivity index (χ3v) is 4.64. The van der Waals surface area contributed by atoms with Crippen molar-refractivity contribution in [3.63, 3.8) is 0 Å². The van der Waals surface area contributed by atoms with Crippen molar-refractivity contribution in [1.82, 2.24) is 15.1 Å². The van der Waals surface area contributed by atoms with Gasteiger partial charge in [0, 0.05) is 57.1 Å². The fourth-order valence-corrected chi connectivity index (χ4v) is 3.01. The molecule has 8 nitrogen and oxygen atoms in total. The summed E-state index contributed by atoms with van der Waals surface area (Å²) in [6, 6.07) is 4.15. The van der Waals surface area contributed by atoms with E-state index in [2.05, 4.69) is 39.5 Å². The van der Waals surface area contributed by atoms with Crippen LogP contribution >= 0.6 is 0 Å². The highest BCUT2D eigenvalue weighted by Gasteiger charge is 2.22. The maximum Gasteiger partial charge on any atom is 0.203 e. The summed E-state index contributed by atoms with van der Waals surface area (Å²) in [6.45, 7) is 4.02. The van der Waals surface area contributed by atoms with Crippen LogP contribution in [0, 0.1) is 0 Å². The minimum absolute atomic E-state index is 0.437. The van der Waals surface area contributed by atoms with Crippen LogP contribution in [-0.4, -0.2) is 90.5 Å². The Morgan fingerprint density at radius 1 is 1.12 bits per heavy atom. The zero-order valence-electron chi connectivity index (χ0n) is 16.6. The number of anilines is 1. The minimum Gasteiger partial charge on any atom is -0.493 e. The zero-order valence-corrected chi connectivity index (χ0v) is 16.6. The van der Waals surface area contributed by atoms with Gasteiger partial charge in [-0.25, -0.2) is 0 Å². The summed E-state index contributed by atoms with van der Waals surface area (Å²) in [6.07, 6.45) is 0. The Morgan fingerprint density at radius 3 is 2.31 bits per heavy atom. The molecule has 0 saturated carbocycles. The van der Waals surface area contributed by atoms with E-state index in [1.165, 1.54) is 0 Å². The summed E-state index contributed by atoms with van der Waals surface area (Å²) in [4.78, 5) is 9.04. The van der Waals surface area contributed by atoms with Gasteiger partial charge in [0.25, 0.3) is 0 Å². The van der Waals surface area contributed by atoms with Gasteiger partial charge in [0.1, 0.15) is 0 Å². The molecular formula is C18H31N5O3. The van der Waals surface area contributed by atoms with Crippen molar-refractivity contribution in [3.8, 4) is 17.2 Å². The number of guanidine groups is 1. The van der Waals surface area contributed by atoms with Gasteiger partial charge in [0.15, 0.2) is 17.5 Å². The van der Waals surface area contributed by atoms with Crippen LogP contribution in [0.15, 0.2) is 17.1 Å². The number of benzene rings is 1. The Labute approximate surface area is 156 Å². The number of rotatable bonds is 6. The molecule has 2 N–H and O–H groups in total. The maximum atomic E-state index is 5.40. The zero-order chi connectivity index (χ0) is 19.1. The first-order chi connectivity index (χ1) is 12.5. The van der Waals surface area contributed by atoms with E-state index in [9.17, 15) is 0 Å². The Bertz CT molecular complexity index is 598. The second kappa shape index (κ2) is 9.49. The molecule has 1 aliphatic rings. The molecule has 0 spiro atoms. The number of hydrogen-bond acceptors (Lipinski definition) is 6. The molecule has 1 aliphatic heterocycles. The molecule has 0 amide bonds. The van der Waals surface area contributed by atoms with E-state index in [0.717, 1.165) is 31.9 Å². The highest BCUT2D eigenvalue weighted by atomic mass is 16.5. The summed E-state index contributed by atoms with van der Waals surface area (Å²) < 4.78 is 16.2. The quantitative estimate of drug-likeness (QED) is 0.574. The molecule has 1 atom stereocenters. The predicted octanol–water partition coefficient (Wildman–Crippen LogP) is 0.946. The van der Waals surface area contributed by atoms with Crippen molar-refractivity contribution in [3.05, 3.63) is 12.1 Å². The van der Waals surface area contributed by atoms with Crippen molar-refractivity contribution < 1.29 is 14.2 Å². The normalized spacial score (nSPS) is 19.2. The number of piperazine rings is 1. The number of likely N-dealkylation sites (N-methyl/N-ethyl adjacent to an activating group) is 2. The standard InChI is InChI=1S/C18H31N5O3/c1-19-18(20-11-14-12-22(2)7-8-23(14)3)21-13-9-15(24-4)17(26-6)16(10-13)25-5/h9-10,14H,7-8,11-12H2,1-6H3,(H2,19,20,21). The van der Waals surface area contributed by atoms with Crippen molar-refractivity contribution in [1.29, 1.82) is 0 Å². The van der Waals surface area contributed by atoms with Crippen molar-refractivity contribution in [2.45, 2.75) is 6.04 Å². The summed E-state index contributed by atoms with van der Waals surface area (Å²) in [5.41, 5.74) is 0.807. The van der Waals surface area contributed by atoms with Crippen LogP contribution < -0.4 is 24.8 Å². The molecule has 0 bridgehead atoms. The van der Waals surface area contributed by atoms with E-state index in [1.807, 2.05) is 12.1 Å². The smallest absolute Gasteiger partial charge is 0.203 e. The molecule has 1 fully saturated rings. The van der Waals surface area contributed by atoms with Crippen molar-refractivity contribution >= 4 is 11.6 Å². The molecule has 2 rings (SSSR count). The molecule has 0 radical (unpaired) electrons. The summed E-state index contributed by atoms with van der Waals surface area (Å²) in [5.74, 6) is 2.45. The van der Waals surface area contributed by atoms with Crippen LogP contribution in [-0.2, 0) is 0 Å². The molecule has 26 heavy (non-hydrogen) atoms. The Morgan fingerprint density at radius 2 is 1.77 bits per heavy atom. The SMILES string of the molecule is CN=C(NCC1CN(C)CCN1C)Nc1cc(OC)c(OC)c(OC)c1. The Balaban J connectivity index is 2.05. The average molecular weight is 365 g/mol. The van der Waals surface area contributed by atoms with Crippen LogP contribution in [0.2, 0.25) is 0 Å². The first-order valence-electron chi connectivity index (χ1n) is 8.68. The molecule has 0 aromatic heterocycles. The minimum atomic E-state index is 0.437. The molecule has 0 aliphatic carbocycles. The van der Waals surface area contributed by atoms with E-state index >= 15 is 0 Å². The molecule has 1 saturated heterocycles. The number of methoxy groups -OCH3 is 3. The van der Waals surface area contributed by atoms with Crippen LogP contribution in [0.1, 0.15) is 0 Å². The molecule has 1 aromatic carbocycles. The Hall–Kier alpha value is -2.19. The second-order valence-electron chi connectivity index (χ2n) is 6.39. The topological polar surface area (TPSA) is 70.6 Å². The van der Waals surface area contributed by atoms with Gasteiger partial charge in [-0.2, -0.15) is 0 Å². The van der Waals surface area contributed by atoms with Crippen molar-refractivity contribution in [2.75, 3.05) is 74.0 Å². The van der Waals surface area contributed by atoms with Crippen LogP contribution in [0.25, 0.3) is 0 Å². The van der Waals surface area contributed by atoms with Gasteiger partial charge in [-0.3, -0.25) is 9.89 Å². The number of nitrogens with zero attached hydrogens (tertiary/aromatic N) is 3. The number of hydrogen-bond donors (Lipinski definition) is 2. The lowest BCUT2D eigenvalue weighted by Gasteiger charge is -2.37. The van der Waals surface area contributed by atoms with E-state index in [1.54, 1.807) is 28.4 Å². The van der Waals surface area contributed by atoms with Gasteiger partial charge >= 0.3 is 0 Å². The second-order valence-corrected chi connectivity index (χ2v) is 6.39. The van der Waals surface area contributed by atoms with E-state index in [4.69, 9.17) is 14.2 Å². The highest BCUT2D eigenvalue weighted by Crippen LogP contribution is 2.39. The third kappa shape index (κ3) is 4.92. The first-order valence-corrected chi connectivity index (χ1v) is 8.68. The molecule has 1 heterocycles. The molecule has 146 valence electrons. The molecular weight excluding hydrogens is 334 g/mol. The lowest BCUT2D eigenvalue weighted by molar-refractivity contribution is 0.116. The van der Waals surface area contributed by atoms with Crippen LogP contribution in [0.5, 0.6) is 17.2 Å². The van der Waals surface area contributed by atoms with Gasteiger partial charge in [0.05, 0.1) is 21.3 Å². The Kier molecular flexibility index (Phi) is 7.35. The van der Waals surface area contributed by atoms with Crippen molar-refractivity contribution in [2.24, 2.45) is 4.99 Å². The van der Waals surface area contributed by atoms with Crippen LogP contribution in [0.3, 0.4) is 0 Å². The summed E-state index contributed by atoms with van der Waals surface area (Å²) in [7, 11) is 10.9. The number of ether oxygens (including phenoxy) is 3. The monoisotopic (exact) mass is 365 g/mol. The third-order valence-electron chi connectivity index (χ3n) is 4.64. The lowest BCUT2D eigenvalue weighted by Crippen LogP contribution is -2.54. The van der Waals surface area contributed by atoms with E-state index < -0.39 is 0 Å². The molecule has 1 unspecified atom stereocenters. The fourth-order valence-electron chi connectivity index (χ4n) is 3.01. The first kappa shape index (κ1) is 20.1. The molecule has 1 aromatic rings. The van der Waals surface area contributed by atoms with Gasteiger partial charge in [-0.1, -0.05) is 0 Å². The van der Waals surface area contributed by atoms with Crippen LogP contribution in [0.4, 0.5) is 5.69 Å².